The lowest BCUT2D eigenvalue weighted by Gasteiger charge is -2.09. The largest absolute Gasteiger partial charge is 0.586 e. The Morgan fingerprint density at radius 2 is 1.81 bits per heavy atom. The van der Waals surface area contributed by atoms with Crippen molar-refractivity contribution in [2.24, 2.45) is 0 Å². The molecule has 0 saturated heterocycles. The van der Waals surface area contributed by atoms with Crippen LogP contribution in [-0.4, -0.2) is 32.0 Å². The van der Waals surface area contributed by atoms with Crippen molar-refractivity contribution in [2.45, 2.75) is 12.8 Å². The Bertz CT molecular complexity index is 1280. The molecule has 1 aliphatic rings. The second kappa shape index (κ2) is 7.73. The van der Waals surface area contributed by atoms with Gasteiger partial charge in [-0.3, -0.25) is 9.78 Å². The van der Waals surface area contributed by atoms with Crippen molar-refractivity contribution < 1.29 is 23.0 Å². The Balaban J connectivity index is 1.53. The van der Waals surface area contributed by atoms with Crippen molar-refractivity contribution in [3.8, 4) is 23.0 Å². The summed E-state index contributed by atoms with van der Waals surface area (Å²) in [5.74, 6) is -0.975. The van der Waals surface area contributed by atoms with Crippen LogP contribution < -0.4 is 14.8 Å². The summed E-state index contributed by atoms with van der Waals surface area (Å²) in [5, 5.41) is 7.35. The topological polar surface area (TPSA) is 91.2 Å². The highest BCUT2D eigenvalue weighted by Crippen LogP contribution is 2.43. The third-order valence-electron chi connectivity index (χ3n) is 4.65. The number of rotatable bonds is 5. The van der Waals surface area contributed by atoms with Crippen LogP contribution in [0.1, 0.15) is 15.9 Å². The molecule has 0 spiro atoms. The second-order valence-corrected chi connectivity index (χ2v) is 6.83. The lowest BCUT2D eigenvalue weighted by Crippen LogP contribution is -2.26. The molecule has 160 valence electrons. The Morgan fingerprint density at radius 3 is 2.59 bits per heavy atom. The Morgan fingerprint density at radius 1 is 1.00 bits per heavy atom. The van der Waals surface area contributed by atoms with Gasteiger partial charge in [0.25, 0.3) is 5.91 Å². The minimum absolute atomic E-state index is 0.128. The van der Waals surface area contributed by atoms with E-state index in [2.05, 4.69) is 29.9 Å². The summed E-state index contributed by atoms with van der Waals surface area (Å²) < 4.78 is 37.2. The van der Waals surface area contributed by atoms with Crippen molar-refractivity contribution in [3.63, 3.8) is 0 Å². The van der Waals surface area contributed by atoms with E-state index in [-0.39, 0.29) is 28.8 Å². The van der Waals surface area contributed by atoms with Crippen molar-refractivity contribution in [1.82, 2.24) is 19.7 Å². The summed E-state index contributed by atoms with van der Waals surface area (Å²) in [7, 11) is 0. The van der Waals surface area contributed by atoms with Gasteiger partial charge in [0.05, 0.1) is 5.56 Å². The fourth-order valence-electron chi connectivity index (χ4n) is 3.20. The number of nitrogens with zero attached hydrogens (tertiary/aromatic N) is 4. The normalized spacial score (nSPS) is 13.7. The highest BCUT2D eigenvalue weighted by molar-refractivity contribution is 6.00. The lowest BCUT2D eigenvalue weighted by molar-refractivity contribution is -0.286. The summed E-state index contributed by atoms with van der Waals surface area (Å²) in [4.78, 5) is 21.9. The van der Waals surface area contributed by atoms with Gasteiger partial charge in [0.15, 0.2) is 11.5 Å². The molecule has 0 fully saturated rings. The molecular weight excluding hydrogens is 420 g/mol. The fraction of sp³-hybridized carbons (Fsp3) is 0.0909. The first kappa shape index (κ1) is 19.6. The monoisotopic (exact) mass is 435 g/mol. The summed E-state index contributed by atoms with van der Waals surface area (Å²) in [6, 6.07) is 18.8. The van der Waals surface area contributed by atoms with Gasteiger partial charge in [0, 0.05) is 12.7 Å². The van der Waals surface area contributed by atoms with E-state index < -0.39 is 12.2 Å². The molecule has 0 radical (unpaired) electrons. The number of alkyl halides is 2. The number of halogens is 2. The predicted molar refractivity (Wildman–Crippen MR) is 109 cm³/mol. The zero-order valence-corrected chi connectivity index (χ0v) is 16.4. The van der Waals surface area contributed by atoms with Gasteiger partial charge in [-0.1, -0.05) is 42.5 Å². The number of pyridine rings is 1. The molecule has 5 rings (SSSR count). The maximum atomic E-state index is 13.6. The molecule has 3 heterocycles. The number of hydrogen-bond acceptors (Lipinski definition) is 7. The fourth-order valence-corrected chi connectivity index (χ4v) is 3.20. The van der Waals surface area contributed by atoms with Crippen LogP contribution in [0.2, 0.25) is 0 Å². The molecule has 0 aliphatic carbocycles. The number of para-hydroxylation sites is 1. The molecule has 0 unspecified atom stereocenters. The first-order valence-electron chi connectivity index (χ1n) is 9.60. The van der Waals surface area contributed by atoms with Gasteiger partial charge in [0.2, 0.25) is 11.8 Å². The van der Waals surface area contributed by atoms with Crippen LogP contribution in [0, 0.1) is 0 Å². The smallest absolute Gasteiger partial charge is 0.395 e. The highest BCUT2D eigenvalue weighted by Gasteiger charge is 2.45. The minimum Gasteiger partial charge on any atom is -0.395 e. The Hall–Kier alpha value is -4.34. The first-order chi connectivity index (χ1) is 15.5. The molecule has 0 bridgehead atoms. The number of aromatic nitrogens is 4. The Kier molecular flexibility index (Phi) is 4.74. The van der Waals surface area contributed by atoms with Gasteiger partial charge in [-0.25, -0.2) is 0 Å². The lowest BCUT2D eigenvalue weighted by atomic mass is 10.2. The molecule has 2 aromatic carbocycles. The molecule has 1 N–H and O–H groups in total. The van der Waals surface area contributed by atoms with Crippen LogP contribution in [0.5, 0.6) is 11.5 Å². The van der Waals surface area contributed by atoms with E-state index in [1.807, 2.05) is 30.3 Å². The number of hydrogen-bond donors (Lipinski definition) is 1. The molecule has 8 nitrogen and oxygen atoms in total. The van der Waals surface area contributed by atoms with Crippen LogP contribution in [0.15, 0.2) is 72.9 Å². The average molecular weight is 435 g/mol. The Labute approximate surface area is 180 Å². The van der Waals surface area contributed by atoms with Crippen LogP contribution in [-0.2, 0) is 6.54 Å². The van der Waals surface area contributed by atoms with Crippen LogP contribution in [0.4, 0.5) is 14.7 Å². The maximum absolute atomic E-state index is 13.6. The molecule has 0 saturated carbocycles. The molecule has 2 aromatic heterocycles. The van der Waals surface area contributed by atoms with E-state index in [0.29, 0.717) is 12.2 Å². The maximum Gasteiger partial charge on any atom is 0.586 e. The van der Waals surface area contributed by atoms with Crippen molar-refractivity contribution in [3.05, 3.63) is 84.1 Å². The summed E-state index contributed by atoms with van der Waals surface area (Å²) in [6.45, 7) is 0.360. The van der Waals surface area contributed by atoms with Gasteiger partial charge in [-0.2, -0.15) is 9.67 Å². The third kappa shape index (κ3) is 3.73. The second-order valence-electron chi connectivity index (χ2n) is 6.83. The van der Waals surface area contributed by atoms with Crippen molar-refractivity contribution in [2.75, 3.05) is 5.32 Å². The molecule has 10 heteroatoms. The number of carbonyl (C=O) groups excluding carboxylic acids is 1. The molecule has 4 aromatic rings. The molecule has 0 atom stereocenters. The van der Waals surface area contributed by atoms with Gasteiger partial charge in [-0.15, -0.1) is 13.9 Å². The summed E-state index contributed by atoms with van der Waals surface area (Å²) in [5.41, 5.74) is 1.26. The minimum atomic E-state index is -3.85. The van der Waals surface area contributed by atoms with E-state index in [1.165, 1.54) is 18.2 Å². The third-order valence-corrected chi connectivity index (χ3v) is 4.65. The quantitative estimate of drug-likeness (QED) is 0.507. The van der Waals surface area contributed by atoms with Gasteiger partial charge >= 0.3 is 6.29 Å². The number of ether oxygens (including phenoxy) is 2. The summed E-state index contributed by atoms with van der Waals surface area (Å²) in [6.07, 6.45) is -2.28. The van der Waals surface area contributed by atoms with E-state index >= 15 is 0 Å². The SMILES string of the molecule is O=C(c1cccc2c1OC(F)(F)O2)n1nc(-c2ccccn2)nc1NCc1ccccc1. The van der Waals surface area contributed by atoms with Crippen molar-refractivity contribution in [1.29, 1.82) is 0 Å². The molecule has 0 amide bonds. The predicted octanol–water partition coefficient (Wildman–Crippen LogP) is 3.96. The summed E-state index contributed by atoms with van der Waals surface area (Å²) >= 11 is 0. The number of anilines is 1. The van der Waals surface area contributed by atoms with E-state index in [1.54, 1.807) is 24.4 Å². The van der Waals surface area contributed by atoms with E-state index in [0.717, 1.165) is 10.2 Å². The first-order valence-corrected chi connectivity index (χ1v) is 9.60. The van der Waals surface area contributed by atoms with Gasteiger partial charge < -0.3 is 14.8 Å². The van der Waals surface area contributed by atoms with Crippen LogP contribution in [0.3, 0.4) is 0 Å². The van der Waals surface area contributed by atoms with E-state index in [4.69, 9.17) is 0 Å². The van der Waals surface area contributed by atoms with E-state index in [9.17, 15) is 13.6 Å². The zero-order chi connectivity index (χ0) is 22.1. The van der Waals surface area contributed by atoms with Gasteiger partial charge in [-0.05, 0) is 29.8 Å². The average Bonchev–Trinajstić information content (AvgIpc) is 3.37. The van der Waals surface area contributed by atoms with Crippen LogP contribution in [0.25, 0.3) is 11.5 Å². The van der Waals surface area contributed by atoms with Crippen molar-refractivity contribution >= 4 is 11.9 Å². The number of nitrogens with one attached hydrogen (secondary N) is 1. The molecule has 1 aliphatic heterocycles. The number of fused-ring (bicyclic) bond motifs is 1. The standard InChI is InChI=1S/C22H15F2N5O3/c23-22(24)31-17-11-6-9-15(18(17)32-22)20(30)29-21(26-13-14-7-2-1-3-8-14)27-19(28-29)16-10-4-5-12-25-16/h1-12H,13H2,(H,26,27,28). The molecule has 32 heavy (non-hydrogen) atoms. The number of benzene rings is 2. The number of carbonyl (C=O) groups is 1. The van der Waals surface area contributed by atoms with Crippen LogP contribution >= 0.6 is 0 Å². The van der Waals surface area contributed by atoms with Gasteiger partial charge in [0.1, 0.15) is 5.69 Å². The highest BCUT2D eigenvalue weighted by atomic mass is 19.3. The molecular formula is C22H15F2N5O3. The zero-order valence-electron chi connectivity index (χ0n) is 16.4.